The second kappa shape index (κ2) is 10.3. The van der Waals surface area contributed by atoms with Gasteiger partial charge in [0.15, 0.2) is 0 Å². The van der Waals surface area contributed by atoms with E-state index in [0.29, 0.717) is 12.8 Å². The van der Waals surface area contributed by atoms with Gasteiger partial charge in [-0.05, 0) is 43.0 Å². The smallest absolute Gasteiger partial charge is 0.358 e. The minimum absolute atomic E-state index is 0.000320. The van der Waals surface area contributed by atoms with Crippen LogP contribution in [0.3, 0.4) is 0 Å². The van der Waals surface area contributed by atoms with E-state index in [0.717, 1.165) is 12.1 Å². The summed E-state index contributed by atoms with van der Waals surface area (Å²) in [6.45, 7) is -0.619. The average Bonchev–Trinajstić information content (AvgIpc) is 2.74. The number of halogens is 5. The van der Waals surface area contributed by atoms with Gasteiger partial charge in [0.1, 0.15) is 11.9 Å². The van der Waals surface area contributed by atoms with Crippen LogP contribution < -0.4 is 16.0 Å². The quantitative estimate of drug-likeness (QED) is 0.550. The summed E-state index contributed by atoms with van der Waals surface area (Å²) < 4.78 is 53.6. The number of carbonyl (C=O) groups is 3. The monoisotopic (exact) mass is 492 g/mol. The maximum Gasteiger partial charge on any atom is 0.391 e. The molecule has 1 aromatic carbocycles. The van der Waals surface area contributed by atoms with Crippen LogP contribution in [0.25, 0.3) is 0 Å². The Morgan fingerprint density at radius 3 is 2.67 bits per heavy atom. The van der Waals surface area contributed by atoms with Crippen molar-refractivity contribution in [2.45, 2.75) is 50.0 Å². The molecule has 1 aliphatic carbocycles. The van der Waals surface area contributed by atoms with E-state index in [2.05, 4.69) is 16.0 Å². The van der Waals surface area contributed by atoms with Crippen molar-refractivity contribution < 1.29 is 31.9 Å². The number of alkyl halides is 3. The van der Waals surface area contributed by atoms with Gasteiger partial charge in [-0.3, -0.25) is 19.3 Å². The van der Waals surface area contributed by atoms with Crippen molar-refractivity contribution in [1.82, 2.24) is 20.9 Å². The maximum atomic E-state index is 14.0. The molecule has 0 spiro atoms. The van der Waals surface area contributed by atoms with Crippen LogP contribution in [-0.4, -0.2) is 61.0 Å². The number of rotatable bonds is 5. The van der Waals surface area contributed by atoms with Crippen LogP contribution in [0.15, 0.2) is 18.2 Å². The summed E-state index contributed by atoms with van der Waals surface area (Å²) in [6, 6.07) is 0.456. The molecule has 1 heterocycles. The Bertz CT molecular complexity index is 914. The van der Waals surface area contributed by atoms with Gasteiger partial charge in [-0.15, -0.1) is 0 Å². The van der Waals surface area contributed by atoms with Crippen molar-refractivity contribution in [2.75, 3.05) is 20.1 Å². The summed E-state index contributed by atoms with van der Waals surface area (Å²) in [4.78, 5) is 39.0. The number of nitrogens with one attached hydrogen (secondary N) is 3. The molecule has 3 rings (SSSR count). The van der Waals surface area contributed by atoms with Crippen LogP contribution in [0.5, 0.6) is 0 Å². The molecule has 0 aromatic heterocycles. The lowest BCUT2D eigenvalue weighted by atomic mass is 9.85. The maximum absolute atomic E-state index is 14.0. The zero-order chi connectivity index (χ0) is 24.3. The Morgan fingerprint density at radius 2 is 2.00 bits per heavy atom. The predicted molar refractivity (Wildman–Crippen MR) is 112 cm³/mol. The fourth-order valence-corrected chi connectivity index (χ4v) is 4.67. The molecule has 1 saturated heterocycles. The molecule has 1 aromatic rings. The summed E-state index contributed by atoms with van der Waals surface area (Å²) in [5, 5.41) is 7.78. The Labute approximate surface area is 193 Å². The van der Waals surface area contributed by atoms with E-state index in [9.17, 15) is 31.9 Å². The molecule has 2 aliphatic rings. The highest BCUT2D eigenvalue weighted by Crippen LogP contribution is 2.38. The van der Waals surface area contributed by atoms with Gasteiger partial charge in [-0.1, -0.05) is 18.0 Å². The number of benzene rings is 1. The van der Waals surface area contributed by atoms with Crippen LogP contribution in [0.2, 0.25) is 5.02 Å². The highest BCUT2D eigenvalue weighted by atomic mass is 35.5. The number of hydrogen-bond acceptors (Lipinski definition) is 4. The molecule has 12 heteroatoms. The Hall–Kier alpha value is -2.40. The second-order valence-corrected chi connectivity index (χ2v) is 8.75. The van der Waals surface area contributed by atoms with Gasteiger partial charge >= 0.3 is 6.18 Å². The van der Waals surface area contributed by atoms with Crippen LogP contribution in [0.1, 0.15) is 37.3 Å². The molecule has 33 heavy (non-hydrogen) atoms. The molecule has 1 aliphatic heterocycles. The Kier molecular flexibility index (Phi) is 7.84. The lowest BCUT2D eigenvalue weighted by Crippen LogP contribution is -2.63. The van der Waals surface area contributed by atoms with Crippen molar-refractivity contribution in [1.29, 1.82) is 0 Å². The zero-order valence-corrected chi connectivity index (χ0v) is 18.6. The summed E-state index contributed by atoms with van der Waals surface area (Å²) in [5.41, 5.74) is 0.128. The van der Waals surface area contributed by atoms with Gasteiger partial charge in [0.25, 0.3) is 0 Å². The van der Waals surface area contributed by atoms with Crippen molar-refractivity contribution in [3.63, 3.8) is 0 Å². The molecule has 0 radical (unpaired) electrons. The molecule has 3 N–H and O–H groups in total. The molecule has 4 atom stereocenters. The fourth-order valence-electron chi connectivity index (χ4n) is 4.43. The predicted octanol–water partition coefficient (Wildman–Crippen LogP) is 2.30. The molecule has 0 bridgehead atoms. The van der Waals surface area contributed by atoms with Gasteiger partial charge in [-0.25, -0.2) is 4.39 Å². The first kappa shape index (κ1) is 25.2. The van der Waals surface area contributed by atoms with Crippen molar-refractivity contribution >= 4 is 29.3 Å². The third-order valence-corrected chi connectivity index (χ3v) is 6.39. The van der Waals surface area contributed by atoms with Crippen molar-refractivity contribution in [3.8, 4) is 0 Å². The normalized spacial score (nSPS) is 26.4. The van der Waals surface area contributed by atoms with E-state index in [1.54, 1.807) is 0 Å². The van der Waals surface area contributed by atoms with Crippen LogP contribution in [0.4, 0.5) is 17.6 Å². The number of likely N-dealkylation sites (N-methyl/N-ethyl adjacent to an activating group) is 1. The van der Waals surface area contributed by atoms with E-state index in [-0.39, 0.29) is 36.5 Å². The van der Waals surface area contributed by atoms with E-state index in [4.69, 9.17) is 11.6 Å². The van der Waals surface area contributed by atoms with Crippen LogP contribution in [-0.2, 0) is 14.4 Å². The highest BCUT2D eigenvalue weighted by Gasteiger charge is 2.45. The van der Waals surface area contributed by atoms with Crippen molar-refractivity contribution in [2.24, 2.45) is 5.92 Å². The Balaban J connectivity index is 1.90. The topological polar surface area (TPSA) is 90.5 Å². The van der Waals surface area contributed by atoms with E-state index in [1.807, 2.05) is 0 Å². The van der Waals surface area contributed by atoms with Gasteiger partial charge in [-0.2, -0.15) is 13.2 Å². The molecule has 7 nitrogen and oxygen atoms in total. The minimum Gasteiger partial charge on any atom is -0.358 e. The number of carbonyl (C=O) groups excluding carboxylic acids is 3. The summed E-state index contributed by atoms with van der Waals surface area (Å²) >= 11 is 6.22. The van der Waals surface area contributed by atoms with E-state index >= 15 is 0 Å². The largest absolute Gasteiger partial charge is 0.391 e. The lowest BCUT2D eigenvalue weighted by Gasteiger charge is -2.41. The molecular formula is C21H25ClF4N4O3. The molecule has 2 unspecified atom stereocenters. The van der Waals surface area contributed by atoms with Gasteiger partial charge in [0.2, 0.25) is 17.7 Å². The average molecular weight is 493 g/mol. The Morgan fingerprint density at radius 1 is 1.27 bits per heavy atom. The molecule has 2 fully saturated rings. The first-order valence-electron chi connectivity index (χ1n) is 10.6. The number of piperazine rings is 1. The fraction of sp³-hybridized carbons (Fsp3) is 0.571. The van der Waals surface area contributed by atoms with E-state index in [1.165, 1.54) is 18.0 Å². The first-order chi connectivity index (χ1) is 15.5. The van der Waals surface area contributed by atoms with Crippen molar-refractivity contribution in [3.05, 3.63) is 34.6 Å². The summed E-state index contributed by atoms with van der Waals surface area (Å²) in [5.74, 6) is -3.81. The second-order valence-electron chi connectivity index (χ2n) is 8.34. The lowest BCUT2D eigenvalue weighted by molar-refractivity contribution is -0.184. The van der Waals surface area contributed by atoms with E-state index < -0.39 is 53.8 Å². The number of amides is 3. The zero-order valence-electron chi connectivity index (χ0n) is 17.8. The highest BCUT2D eigenvalue weighted by molar-refractivity contribution is 6.31. The molecule has 3 amide bonds. The van der Waals surface area contributed by atoms with Crippen LogP contribution >= 0.6 is 11.6 Å². The summed E-state index contributed by atoms with van der Waals surface area (Å²) in [6.07, 6.45) is -3.93. The molecule has 1 saturated carbocycles. The first-order valence-corrected chi connectivity index (χ1v) is 10.9. The van der Waals surface area contributed by atoms with Gasteiger partial charge < -0.3 is 16.0 Å². The molecule has 182 valence electrons. The van der Waals surface area contributed by atoms with Gasteiger partial charge in [0.05, 0.1) is 25.0 Å². The third-order valence-electron chi connectivity index (χ3n) is 6.04. The third kappa shape index (κ3) is 6.14. The minimum atomic E-state index is -4.36. The summed E-state index contributed by atoms with van der Waals surface area (Å²) in [7, 11) is 1.39. The standard InChI is InChI=1S/C21H25ClF4N4O3/c1-27-16(31)9-30-10-17(32)29-18(14-8-12(23)5-6-15(14)22)19(30)20(33)28-13-4-2-3-11(7-13)21(24,25)26/h5-6,8,11,13,18-19H,2-4,7,9-10H2,1H3,(H,27,31)(H,28,33)(H,29,32)/t11?,13?,18-,19+/m0/s1. The molecular weight excluding hydrogens is 468 g/mol. The SMILES string of the molecule is CNC(=O)CN1CC(=O)N[C@@H](c2cc(F)ccc2Cl)[C@@H]1C(=O)NC1CCCC(C(F)(F)F)C1. The van der Waals surface area contributed by atoms with Crippen LogP contribution in [0, 0.1) is 11.7 Å². The van der Waals surface area contributed by atoms with Gasteiger partial charge in [0, 0.05) is 18.1 Å². The number of hydrogen-bond donors (Lipinski definition) is 3. The number of nitrogens with zero attached hydrogens (tertiary/aromatic N) is 1.